The van der Waals surface area contributed by atoms with Gasteiger partial charge in [-0.05, 0) is 56.5 Å². The van der Waals surface area contributed by atoms with Crippen LogP contribution in [0.1, 0.15) is 38.0 Å². The highest BCUT2D eigenvalue weighted by Crippen LogP contribution is 2.44. The van der Waals surface area contributed by atoms with Crippen LogP contribution in [0.15, 0.2) is 22.0 Å². The molecule has 5 nitrogen and oxygen atoms in total. The third-order valence-corrected chi connectivity index (χ3v) is 5.91. The van der Waals surface area contributed by atoms with E-state index in [2.05, 4.69) is 22.1 Å². The molecule has 6 heteroatoms. The summed E-state index contributed by atoms with van der Waals surface area (Å²) >= 11 is 1.63. The monoisotopic (exact) mass is 333 g/mol. The van der Waals surface area contributed by atoms with Gasteiger partial charge in [-0.25, -0.2) is 0 Å². The van der Waals surface area contributed by atoms with Crippen molar-refractivity contribution < 1.29 is 9.26 Å². The zero-order chi connectivity index (χ0) is 15.7. The van der Waals surface area contributed by atoms with Crippen molar-refractivity contribution in [2.75, 3.05) is 20.2 Å². The van der Waals surface area contributed by atoms with Crippen LogP contribution >= 0.6 is 11.3 Å². The summed E-state index contributed by atoms with van der Waals surface area (Å²) in [5, 5.41) is 6.11. The minimum Gasteiger partial charge on any atom is -0.375 e. The van der Waals surface area contributed by atoms with Crippen molar-refractivity contribution in [1.29, 1.82) is 0 Å². The van der Waals surface area contributed by atoms with E-state index in [1.54, 1.807) is 11.3 Å². The summed E-state index contributed by atoms with van der Waals surface area (Å²) in [5.74, 6) is 2.11. The third-order valence-electron chi connectivity index (χ3n) is 5.04. The Bertz CT molecular complexity index is 636. The Labute approximate surface area is 140 Å². The van der Waals surface area contributed by atoms with E-state index in [4.69, 9.17) is 9.26 Å². The van der Waals surface area contributed by atoms with E-state index >= 15 is 0 Å². The fraction of sp³-hybridized carbons (Fsp3) is 0.647. The van der Waals surface area contributed by atoms with Gasteiger partial charge < -0.3 is 9.26 Å². The lowest BCUT2D eigenvalue weighted by Crippen LogP contribution is -2.47. The second-order valence-electron chi connectivity index (χ2n) is 6.93. The van der Waals surface area contributed by atoms with Crippen molar-refractivity contribution in [3.63, 3.8) is 0 Å². The van der Waals surface area contributed by atoms with Crippen LogP contribution in [0, 0.1) is 5.92 Å². The highest BCUT2D eigenvalue weighted by molar-refractivity contribution is 7.13. The van der Waals surface area contributed by atoms with Gasteiger partial charge in [0, 0.05) is 13.2 Å². The van der Waals surface area contributed by atoms with Gasteiger partial charge in [0.15, 0.2) is 0 Å². The Morgan fingerprint density at radius 1 is 1.43 bits per heavy atom. The maximum atomic E-state index is 6.02. The molecule has 0 bridgehead atoms. The van der Waals surface area contributed by atoms with Gasteiger partial charge in [0.2, 0.25) is 11.7 Å². The number of aromatic nitrogens is 2. The maximum absolute atomic E-state index is 6.02. The molecule has 1 spiro atoms. The van der Waals surface area contributed by atoms with Gasteiger partial charge in [-0.1, -0.05) is 11.2 Å². The standard InChI is InChI=1S/C17H23N3O2S/c1-20(11-13-5-8-21-17(10-13)6-3-7-17)12-15-18-16(19-22-15)14-4-2-9-23-14/h2,4,9,13H,3,5-8,10-12H2,1H3. The van der Waals surface area contributed by atoms with Gasteiger partial charge in [0.1, 0.15) is 0 Å². The molecule has 2 aromatic heterocycles. The first kappa shape index (κ1) is 15.3. The molecule has 1 unspecified atom stereocenters. The van der Waals surface area contributed by atoms with Crippen LogP contribution < -0.4 is 0 Å². The lowest BCUT2D eigenvalue weighted by Gasteiger charge is -2.47. The van der Waals surface area contributed by atoms with E-state index in [-0.39, 0.29) is 5.60 Å². The molecule has 1 saturated carbocycles. The SMILES string of the molecule is CN(Cc1nc(-c2cccs2)no1)CC1CCOC2(CCC2)C1. The van der Waals surface area contributed by atoms with Gasteiger partial charge in [0.25, 0.3) is 0 Å². The Kier molecular flexibility index (Phi) is 4.22. The number of nitrogens with zero attached hydrogens (tertiary/aromatic N) is 3. The smallest absolute Gasteiger partial charge is 0.241 e. The van der Waals surface area contributed by atoms with E-state index in [0.717, 1.165) is 24.4 Å². The first-order valence-electron chi connectivity index (χ1n) is 8.41. The Morgan fingerprint density at radius 3 is 3.09 bits per heavy atom. The molecule has 1 aliphatic carbocycles. The third kappa shape index (κ3) is 3.34. The van der Waals surface area contributed by atoms with E-state index in [1.807, 2.05) is 17.5 Å². The topological polar surface area (TPSA) is 51.4 Å². The van der Waals surface area contributed by atoms with Gasteiger partial charge in [-0.15, -0.1) is 11.3 Å². The summed E-state index contributed by atoms with van der Waals surface area (Å²) in [7, 11) is 2.14. The van der Waals surface area contributed by atoms with Crippen LogP contribution in [0.25, 0.3) is 10.7 Å². The van der Waals surface area contributed by atoms with Crippen LogP contribution in [0.3, 0.4) is 0 Å². The molecule has 2 aromatic rings. The molecule has 124 valence electrons. The molecule has 23 heavy (non-hydrogen) atoms. The van der Waals surface area contributed by atoms with Crippen LogP contribution in [-0.4, -0.2) is 40.8 Å². The Balaban J connectivity index is 1.32. The number of hydrogen-bond acceptors (Lipinski definition) is 6. The molecule has 2 aliphatic rings. The van der Waals surface area contributed by atoms with Crippen molar-refractivity contribution in [2.24, 2.45) is 5.92 Å². The second kappa shape index (κ2) is 6.34. The van der Waals surface area contributed by atoms with Crippen LogP contribution in [0.4, 0.5) is 0 Å². The highest BCUT2D eigenvalue weighted by atomic mass is 32.1. The van der Waals surface area contributed by atoms with Crippen molar-refractivity contribution in [3.8, 4) is 10.7 Å². The summed E-state index contributed by atoms with van der Waals surface area (Å²) in [6, 6.07) is 4.02. The second-order valence-corrected chi connectivity index (χ2v) is 7.88. The van der Waals surface area contributed by atoms with Gasteiger partial charge in [0.05, 0.1) is 17.0 Å². The highest BCUT2D eigenvalue weighted by Gasteiger charge is 2.42. The summed E-state index contributed by atoms with van der Waals surface area (Å²) in [4.78, 5) is 7.86. The summed E-state index contributed by atoms with van der Waals surface area (Å²) in [6.45, 7) is 2.70. The van der Waals surface area contributed by atoms with Crippen molar-refractivity contribution in [1.82, 2.24) is 15.0 Å². The molecular weight excluding hydrogens is 310 g/mol. The average Bonchev–Trinajstić information content (AvgIpc) is 3.16. The molecular formula is C17H23N3O2S. The van der Waals surface area contributed by atoms with E-state index in [1.165, 1.54) is 25.7 Å². The quantitative estimate of drug-likeness (QED) is 0.837. The number of hydrogen-bond donors (Lipinski definition) is 0. The summed E-state index contributed by atoms with van der Waals surface area (Å²) < 4.78 is 11.4. The predicted molar refractivity (Wildman–Crippen MR) is 89.2 cm³/mol. The summed E-state index contributed by atoms with van der Waals surface area (Å²) in [6.07, 6.45) is 6.20. The molecule has 1 saturated heterocycles. The summed E-state index contributed by atoms with van der Waals surface area (Å²) in [5.41, 5.74) is 0.223. The van der Waals surface area contributed by atoms with Crippen molar-refractivity contribution in [2.45, 2.75) is 44.2 Å². The molecule has 1 aliphatic heterocycles. The first-order valence-corrected chi connectivity index (χ1v) is 9.29. The van der Waals surface area contributed by atoms with Gasteiger partial charge in [-0.3, -0.25) is 4.90 Å². The molecule has 0 amide bonds. The lowest BCUT2D eigenvalue weighted by atomic mass is 9.72. The van der Waals surface area contributed by atoms with Crippen LogP contribution in [0.5, 0.6) is 0 Å². The Morgan fingerprint density at radius 2 is 2.35 bits per heavy atom. The van der Waals surface area contributed by atoms with Crippen LogP contribution in [0.2, 0.25) is 0 Å². The molecule has 0 radical (unpaired) electrons. The maximum Gasteiger partial charge on any atom is 0.241 e. The largest absolute Gasteiger partial charge is 0.375 e. The lowest BCUT2D eigenvalue weighted by molar-refractivity contribution is -0.145. The molecule has 2 fully saturated rings. The van der Waals surface area contributed by atoms with E-state index < -0.39 is 0 Å². The average molecular weight is 333 g/mol. The molecule has 0 N–H and O–H groups in total. The number of thiophene rings is 1. The molecule has 4 rings (SSSR count). The van der Waals surface area contributed by atoms with Gasteiger partial charge >= 0.3 is 0 Å². The number of rotatable bonds is 5. The number of ether oxygens (including phenoxy) is 1. The van der Waals surface area contributed by atoms with Gasteiger partial charge in [-0.2, -0.15) is 4.98 Å². The zero-order valence-electron chi connectivity index (χ0n) is 13.5. The zero-order valence-corrected chi connectivity index (χ0v) is 14.3. The fourth-order valence-corrected chi connectivity index (χ4v) is 4.41. The predicted octanol–water partition coefficient (Wildman–Crippen LogP) is 3.58. The first-order chi connectivity index (χ1) is 11.2. The normalized spacial score (nSPS) is 23.3. The molecule has 1 atom stereocenters. The van der Waals surface area contributed by atoms with E-state index in [0.29, 0.717) is 24.2 Å². The van der Waals surface area contributed by atoms with Crippen molar-refractivity contribution in [3.05, 3.63) is 23.4 Å². The minimum absolute atomic E-state index is 0.223. The molecule has 3 heterocycles. The van der Waals surface area contributed by atoms with Crippen LogP contribution in [-0.2, 0) is 11.3 Å². The minimum atomic E-state index is 0.223. The fourth-order valence-electron chi connectivity index (χ4n) is 3.77. The molecule has 0 aromatic carbocycles. The Hall–Kier alpha value is -1.24. The van der Waals surface area contributed by atoms with E-state index in [9.17, 15) is 0 Å². The van der Waals surface area contributed by atoms with Crippen molar-refractivity contribution >= 4 is 11.3 Å².